The maximum Gasteiger partial charge on any atom is 0.327 e. The highest BCUT2D eigenvalue weighted by molar-refractivity contribution is 8.00. The number of hydrogen-bond acceptors (Lipinski definition) is 5. The van der Waals surface area contributed by atoms with Crippen molar-refractivity contribution in [2.24, 2.45) is 0 Å². The molecule has 1 amide bonds. The Kier molecular flexibility index (Phi) is 3.68. The molecule has 0 saturated carbocycles. The topological polar surface area (TPSA) is 70.5 Å². The summed E-state index contributed by atoms with van der Waals surface area (Å²) in [5.74, 6) is -0.781. The molecule has 1 fully saturated rings. The summed E-state index contributed by atoms with van der Waals surface area (Å²) in [5.41, 5.74) is 1.91. The van der Waals surface area contributed by atoms with Gasteiger partial charge < -0.3 is 10.0 Å². The van der Waals surface area contributed by atoms with Gasteiger partial charge in [-0.2, -0.15) is 0 Å². The second-order valence-electron chi connectivity index (χ2n) is 3.64. The number of carbonyl (C=O) groups excluding carboxylic acids is 1. The summed E-state index contributed by atoms with van der Waals surface area (Å²) in [6, 6.07) is -0.737. The minimum atomic E-state index is -0.947. The van der Waals surface area contributed by atoms with Crippen LogP contribution >= 0.6 is 23.1 Å². The molecule has 0 bridgehead atoms. The zero-order chi connectivity index (χ0) is 12.4. The van der Waals surface area contributed by atoms with Gasteiger partial charge >= 0.3 is 5.97 Å². The summed E-state index contributed by atoms with van der Waals surface area (Å²) in [6.45, 7) is 1.95. The van der Waals surface area contributed by atoms with Gasteiger partial charge in [0.15, 0.2) is 0 Å². The van der Waals surface area contributed by atoms with Gasteiger partial charge in [-0.1, -0.05) is 6.92 Å². The van der Waals surface area contributed by atoms with Gasteiger partial charge in [0, 0.05) is 11.1 Å². The lowest BCUT2D eigenvalue weighted by Crippen LogP contribution is -2.45. The quantitative estimate of drug-likeness (QED) is 0.903. The molecule has 1 aliphatic rings. The average molecular weight is 272 g/mol. The molecule has 1 aromatic rings. The zero-order valence-electron chi connectivity index (χ0n) is 9.20. The monoisotopic (exact) mass is 272 g/mol. The Morgan fingerprint density at radius 2 is 2.41 bits per heavy atom. The molecule has 0 aromatic carbocycles. The highest BCUT2D eigenvalue weighted by atomic mass is 32.2. The van der Waals surface area contributed by atoms with E-state index < -0.39 is 12.0 Å². The van der Waals surface area contributed by atoms with E-state index in [9.17, 15) is 9.59 Å². The van der Waals surface area contributed by atoms with E-state index in [1.54, 1.807) is 10.9 Å². The molecular formula is C10H12N2O3S2. The maximum atomic E-state index is 12.2. The molecule has 1 aromatic heterocycles. The summed E-state index contributed by atoms with van der Waals surface area (Å²) in [5, 5.41) is 10.7. The normalized spacial score (nSPS) is 23.9. The van der Waals surface area contributed by atoms with Gasteiger partial charge in [0.25, 0.3) is 5.91 Å². The molecule has 2 unspecified atom stereocenters. The van der Waals surface area contributed by atoms with Crippen molar-refractivity contribution >= 4 is 35.0 Å². The van der Waals surface area contributed by atoms with Gasteiger partial charge in [-0.15, -0.1) is 23.1 Å². The van der Waals surface area contributed by atoms with Crippen molar-refractivity contribution in [2.45, 2.75) is 24.8 Å². The molecule has 17 heavy (non-hydrogen) atoms. The Labute approximate surface area is 107 Å². The Morgan fingerprint density at radius 3 is 2.94 bits per heavy atom. The highest BCUT2D eigenvalue weighted by Gasteiger charge is 2.41. The molecule has 5 nitrogen and oxygen atoms in total. The summed E-state index contributed by atoms with van der Waals surface area (Å²) >= 11 is 2.84. The number of carboxylic acids is 1. The van der Waals surface area contributed by atoms with Crippen LogP contribution in [0.1, 0.15) is 23.8 Å². The first-order valence-electron chi connectivity index (χ1n) is 5.20. The number of carbonyl (C=O) groups is 2. The third-order valence-electron chi connectivity index (χ3n) is 2.61. The Hall–Kier alpha value is -1.08. The summed E-state index contributed by atoms with van der Waals surface area (Å²) in [7, 11) is 0. The molecule has 92 valence electrons. The number of hydrogen-bond donors (Lipinski definition) is 1. The Balaban J connectivity index is 2.25. The van der Waals surface area contributed by atoms with Crippen LogP contribution in [0.15, 0.2) is 10.9 Å². The van der Waals surface area contributed by atoms with Crippen molar-refractivity contribution in [3.05, 3.63) is 16.6 Å². The van der Waals surface area contributed by atoms with Gasteiger partial charge in [0.05, 0.1) is 10.9 Å². The van der Waals surface area contributed by atoms with E-state index in [2.05, 4.69) is 4.98 Å². The average Bonchev–Trinajstić information content (AvgIpc) is 2.96. The standard InChI is InChI=1S/C10H12N2O3S2/c1-2-8-12(7(4-17-8)10(14)15)9(13)6-3-16-5-11-6/h3,5,7-8H,2,4H2,1H3,(H,14,15). The molecule has 2 atom stereocenters. The number of aliphatic carboxylic acids is 1. The first-order valence-corrected chi connectivity index (χ1v) is 7.19. The minimum absolute atomic E-state index is 0.0645. The summed E-state index contributed by atoms with van der Waals surface area (Å²) in [4.78, 5) is 28.7. The van der Waals surface area contributed by atoms with Crippen LogP contribution in [-0.2, 0) is 4.79 Å². The molecule has 7 heteroatoms. The van der Waals surface area contributed by atoms with Crippen molar-refractivity contribution in [3.63, 3.8) is 0 Å². The van der Waals surface area contributed by atoms with Crippen LogP contribution in [-0.4, -0.2) is 44.0 Å². The molecule has 2 heterocycles. The molecule has 0 aliphatic carbocycles. The van der Waals surface area contributed by atoms with Gasteiger partial charge in [0.2, 0.25) is 0 Å². The Morgan fingerprint density at radius 1 is 1.65 bits per heavy atom. The molecular weight excluding hydrogens is 260 g/mol. The fourth-order valence-electron chi connectivity index (χ4n) is 1.79. The van der Waals surface area contributed by atoms with Crippen molar-refractivity contribution in [1.82, 2.24) is 9.88 Å². The number of carboxylic acid groups (broad SMARTS) is 1. The van der Waals surface area contributed by atoms with E-state index in [0.29, 0.717) is 11.4 Å². The van der Waals surface area contributed by atoms with Gasteiger partial charge in [-0.25, -0.2) is 9.78 Å². The summed E-state index contributed by atoms with van der Waals surface area (Å²) < 4.78 is 0. The molecule has 0 radical (unpaired) electrons. The van der Waals surface area contributed by atoms with E-state index in [4.69, 9.17) is 5.11 Å². The van der Waals surface area contributed by atoms with Crippen LogP contribution in [0.4, 0.5) is 0 Å². The number of rotatable bonds is 3. The third-order valence-corrected chi connectivity index (χ3v) is 4.65. The van der Waals surface area contributed by atoms with Crippen molar-refractivity contribution in [1.29, 1.82) is 0 Å². The number of aromatic nitrogens is 1. The summed E-state index contributed by atoms with van der Waals surface area (Å²) in [6.07, 6.45) is 0.740. The van der Waals surface area contributed by atoms with E-state index in [1.807, 2.05) is 6.92 Å². The second-order valence-corrected chi connectivity index (χ2v) is 5.57. The predicted octanol–water partition coefficient (Wildman–Crippen LogP) is 1.52. The molecule has 2 rings (SSSR count). The van der Waals surface area contributed by atoms with Crippen molar-refractivity contribution in [3.8, 4) is 0 Å². The third kappa shape index (κ3) is 2.30. The van der Waals surface area contributed by atoms with Crippen molar-refractivity contribution in [2.75, 3.05) is 5.75 Å². The van der Waals surface area contributed by atoms with Gasteiger partial charge in [0.1, 0.15) is 11.7 Å². The lowest BCUT2D eigenvalue weighted by atomic mass is 10.2. The van der Waals surface area contributed by atoms with Crippen LogP contribution in [0.2, 0.25) is 0 Å². The second kappa shape index (κ2) is 5.05. The van der Waals surface area contributed by atoms with Crippen LogP contribution in [0.3, 0.4) is 0 Å². The van der Waals surface area contributed by atoms with E-state index >= 15 is 0 Å². The highest BCUT2D eigenvalue weighted by Crippen LogP contribution is 2.32. The first-order chi connectivity index (χ1) is 8.15. The number of thiazole rings is 1. The van der Waals surface area contributed by atoms with Gasteiger partial charge in [-0.05, 0) is 6.42 Å². The number of thioether (sulfide) groups is 1. The molecule has 1 saturated heterocycles. The lowest BCUT2D eigenvalue weighted by molar-refractivity contribution is -0.141. The Bertz CT molecular complexity index is 421. The van der Waals surface area contributed by atoms with E-state index in [0.717, 1.165) is 6.42 Å². The minimum Gasteiger partial charge on any atom is -0.480 e. The van der Waals surface area contributed by atoms with E-state index in [1.165, 1.54) is 28.0 Å². The number of nitrogens with zero attached hydrogens (tertiary/aromatic N) is 2. The van der Waals surface area contributed by atoms with Gasteiger partial charge in [-0.3, -0.25) is 4.79 Å². The maximum absolute atomic E-state index is 12.2. The van der Waals surface area contributed by atoms with Crippen LogP contribution < -0.4 is 0 Å². The van der Waals surface area contributed by atoms with Crippen LogP contribution in [0.25, 0.3) is 0 Å². The van der Waals surface area contributed by atoms with Crippen LogP contribution in [0.5, 0.6) is 0 Å². The van der Waals surface area contributed by atoms with Crippen molar-refractivity contribution < 1.29 is 14.7 Å². The smallest absolute Gasteiger partial charge is 0.327 e. The molecule has 1 N–H and O–H groups in total. The van der Waals surface area contributed by atoms with E-state index in [-0.39, 0.29) is 11.3 Å². The zero-order valence-corrected chi connectivity index (χ0v) is 10.8. The first kappa shape index (κ1) is 12.4. The molecule has 0 spiro atoms. The largest absolute Gasteiger partial charge is 0.480 e. The number of amides is 1. The SMILES string of the molecule is CCC1SCC(C(=O)O)N1C(=O)c1cscn1. The fraction of sp³-hybridized carbons (Fsp3) is 0.500. The predicted molar refractivity (Wildman–Crippen MR) is 66.2 cm³/mol. The molecule has 1 aliphatic heterocycles. The lowest BCUT2D eigenvalue weighted by Gasteiger charge is -2.25. The fourth-order valence-corrected chi connectivity index (χ4v) is 3.66. The van der Waals surface area contributed by atoms with Crippen LogP contribution in [0, 0.1) is 0 Å².